The first-order chi connectivity index (χ1) is 11.2. The fourth-order valence-corrected chi connectivity index (χ4v) is 0.516. The van der Waals surface area contributed by atoms with Crippen LogP contribution in [0.1, 0.15) is 0 Å². The van der Waals surface area contributed by atoms with Gasteiger partial charge in [-0.05, 0) is 28.2 Å². The molecule has 0 aromatic rings. The van der Waals surface area contributed by atoms with Crippen molar-refractivity contribution < 1.29 is 109 Å². The maximum Gasteiger partial charge on any atom is 2.00 e. The predicted octanol–water partition coefficient (Wildman–Crippen LogP) is -1.02. The van der Waals surface area contributed by atoms with Crippen LogP contribution in [0.25, 0.3) is 12.3 Å². The Morgan fingerprint density at radius 2 is 0.700 bits per heavy atom. The SMILES string of the molecule is CN(C)CCN.CN(C)CCN.N#C[Se].N#C[Se].N#C[Se].N#C[Se].[Cd+2].[Cd].[Cd].[Cd].[NH2-].[NH2-]. The van der Waals surface area contributed by atoms with Gasteiger partial charge in [0.25, 0.3) is 0 Å². The maximum absolute atomic E-state index is 7.26. The second kappa shape index (κ2) is 105. The van der Waals surface area contributed by atoms with Crippen molar-refractivity contribution in [2.75, 3.05) is 54.4 Å². The van der Waals surface area contributed by atoms with Crippen molar-refractivity contribution >= 4 is 64.1 Å². The molecule has 0 heterocycles. The van der Waals surface area contributed by atoms with E-state index in [1.807, 2.05) is 28.2 Å². The first kappa shape index (κ1) is 76.5. The van der Waals surface area contributed by atoms with Crippen LogP contribution in [-0.4, -0.2) is 128 Å². The van der Waals surface area contributed by atoms with Crippen LogP contribution < -0.4 is 11.5 Å². The van der Waals surface area contributed by atoms with E-state index in [-0.39, 0.29) is 121 Å². The van der Waals surface area contributed by atoms with Crippen molar-refractivity contribution in [3.05, 3.63) is 12.3 Å². The Kier molecular flexibility index (Phi) is 269. The molecule has 0 rings (SSSR count). The first-order valence-corrected chi connectivity index (χ1v) is 9.37. The van der Waals surface area contributed by atoms with Gasteiger partial charge in [-0.3, -0.25) is 0 Å². The third-order valence-electron chi connectivity index (χ3n) is 1.15. The summed E-state index contributed by atoms with van der Waals surface area (Å²) in [4.78, 5) is 10.6. The van der Waals surface area contributed by atoms with E-state index in [1.54, 1.807) is 19.9 Å². The first-order valence-electron chi connectivity index (χ1n) is 5.95. The quantitative estimate of drug-likeness (QED) is 0.332. The molecule has 0 amide bonds. The van der Waals surface area contributed by atoms with E-state index in [2.05, 4.69) is 73.9 Å². The Morgan fingerprint density at radius 3 is 0.700 bits per heavy atom. The summed E-state index contributed by atoms with van der Waals surface area (Å²) in [6.07, 6.45) is 0. The van der Waals surface area contributed by atoms with E-state index in [0.29, 0.717) is 0 Å². The molecule has 0 saturated carbocycles. The summed E-state index contributed by atoms with van der Waals surface area (Å²) in [6, 6.07) is 0. The molecule has 158 valence electrons. The second-order valence-electron chi connectivity index (χ2n) is 3.55. The Hall–Kier alpha value is 3.49. The number of nitrogens with two attached hydrogens (primary N) is 4. The summed E-state index contributed by atoms with van der Waals surface area (Å²) in [5, 5.41) is 29.1. The molecule has 0 aliphatic carbocycles. The monoisotopic (exact) mass is 1090 g/mol. The molecule has 0 spiro atoms. The number of likely N-dealkylation sites (N-methyl/N-ethyl adjacent to an activating group) is 2. The molecular weight excluding hydrogens is 1050 g/mol. The van der Waals surface area contributed by atoms with Gasteiger partial charge in [-0.1, -0.05) is 0 Å². The van der Waals surface area contributed by atoms with Crippen molar-refractivity contribution in [2.45, 2.75) is 0 Å². The van der Waals surface area contributed by atoms with Gasteiger partial charge < -0.3 is 33.6 Å². The summed E-state index contributed by atoms with van der Waals surface area (Å²) >= 11 is 8.44. The molecule has 8 N–H and O–H groups in total. The van der Waals surface area contributed by atoms with E-state index in [4.69, 9.17) is 32.5 Å². The van der Waals surface area contributed by atoms with Gasteiger partial charge >= 0.3 is 132 Å². The fourth-order valence-electron chi connectivity index (χ4n) is 0.516. The number of nitrogens with zero attached hydrogens (tertiary/aromatic N) is 6. The predicted molar refractivity (Wildman–Crippen MR) is 111 cm³/mol. The van der Waals surface area contributed by atoms with E-state index < -0.39 is 0 Å². The minimum absolute atomic E-state index is 0. The molecule has 0 atom stereocenters. The van der Waals surface area contributed by atoms with Crippen LogP contribution in [0.3, 0.4) is 0 Å². The molecule has 0 aliphatic rings. The zero-order chi connectivity index (χ0) is 20.8. The minimum atomic E-state index is 0. The van der Waals surface area contributed by atoms with Crippen LogP contribution in [-0.2, 0) is 109 Å². The summed E-state index contributed by atoms with van der Waals surface area (Å²) in [5.74, 6) is 0. The molecule has 0 aliphatic heterocycles. The summed E-state index contributed by atoms with van der Waals surface area (Å²) in [6.45, 7) is 3.49. The van der Waals surface area contributed by atoms with Gasteiger partial charge in [0.15, 0.2) is 0 Å². The Balaban J connectivity index is -0.0000000128. The van der Waals surface area contributed by atoms with Gasteiger partial charge in [0, 0.05) is 108 Å². The number of hydrogen-bond acceptors (Lipinski definition) is 8. The molecule has 18 heteroatoms. The van der Waals surface area contributed by atoms with Crippen molar-refractivity contribution in [3.63, 3.8) is 0 Å². The number of hydrogen-bond donors (Lipinski definition) is 2. The van der Waals surface area contributed by atoms with E-state index in [1.165, 1.54) is 0 Å². The van der Waals surface area contributed by atoms with Crippen LogP contribution >= 0.6 is 0 Å². The van der Waals surface area contributed by atoms with Gasteiger partial charge in [-0.25, -0.2) is 0 Å². The van der Waals surface area contributed by atoms with Gasteiger partial charge in [-0.2, -0.15) is 0 Å². The molecule has 4 radical (unpaired) electrons. The second-order valence-corrected chi connectivity index (χ2v) is 5.08. The van der Waals surface area contributed by atoms with Gasteiger partial charge in [0.1, 0.15) is 0 Å². The Morgan fingerprint density at radius 1 is 0.600 bits per heavy atom. The van der Waals surface area contributed by atoms with Crippen LogP contribution in [0, 0.1) is 40.9 Å². The smallest absolute Gasteiger partial charge is 0.693 e. The van der Waals surface area contributed by atoms with Crippen molar-refractivity contribution in [2.24, 2.45) is 11.5 Å². The fraction of sp³-hybridized carbons (Fsp3) is 0.667. The molecule has 0 aromatic carbocycles. The molecule has 0 saturated heterocycles. The number of rotatable bonds is 4. The van der Waals surface area contributed by atoms with Crippen LogP contribution in [0.5, 0.6) is 0 Å². The van der Waals surface area contributed by atoms with Gasteiger partial charge in [0.2, 0.25) is 0 Å². The Labute approximate surface area is 297 Å². The Bertz CT molecular complexity index is 301. The molecule has 0 fully saturated rings. The van der Waals surface area contributed by atoms with Crippen molar-refractivity contribution in [1.82, 2.24) is 9.80 Å². The minimum Gasteiger partial charge on any atom is -0.693 e. The van der Waals surface area contributed by atoms with Gasteiger partial charge in [-0.15, -0.1) is 0 Å². The molecule has 0 bridgehead atoms. The third kappa shape index (κ3) is 325. The zero-order valence-corrected chi connectivity index (χ0v) is 41.3. The number of nitriles is 4. The zero-order valence-electron chi connectivity index (χ0n) is 18.3. The van der Waals surface area contributed by atoms with E-state index >= 15 is 0 Å². The maximum atomic E-state index is 7.26. The van der Waals surface area contributed by atoms with Crippen LogP contribution in [0.4, 0.5) is 0 Å². The largest absolute Gasteiger partial charge is 2.00 e. The van der Waals surface area contributed by atoms with Crippen molar-refractivity contribution in [1.29, 1.82) is 21.0 Å². The normalized spacial score (nSPS) is 4.93. The average Bonchev–Trinajstić information content (AvgIpc) is 2.42. The standard InChI is InChI=1S/2C4H12N2.4CNSe.4Cd.2H2N/c2*1-6(2)4-3-5;4*2-1-3;;;;;;/h2*3-5H2,1-2H3;;;;;;;;;2*1H2/q;;;;;;;;;+2;2*-1. The van der Waals surface area contributed by atoms with Gasteiger partial charge in [0.05, 0.1) is 0 Å². The molecular formula is C12H28Cd4N10Se4. The van der Waals surface area contributed by atoms with Crippen molar-refractivity contribution in [3.8, 4) is 19.9 Å². The third-order valence-corrected chi connectivity index (χ3v) is 1.15. The topological polar surface area (TPSA) is 221 Å². The molecule has 0 unspecified atom stereocenters. The van der Waals surface area contributed by atoms with Crippen LogP contribution in [0.2, 0.25) is 0 Å². The molecule has 10 nitrogen and oxygen atoms in total. The molecule has 30 heavy (non-hydrogen) atoms. The molecule has 0 aromatic heterocycles. The summed E-state index contributed by atoms with van der Waals surface area (Å²) in [5.41, 5.74) is 10.4. The van der Waals surface area contributed by atoms with E-state index in [0.717, 1.165) is 26.2 Å². The summed E-state index contributed by atoms with van der Waals surface area (Å²) in [7, 11) is 8.03. The van der Waals surface area contributed by atoms with E-state index in [9.17, 15) is 0 Å². The van der Waals surface area contributed by atoms with Crippen LogP contribution in [0.15, 0.2) is 0 Å². The summed E-state index contributed by atoms with van der Waals surface area (Å²) < 4.78 is 0. The average molecular weight is 1080 g/mol.